The number of hydrogen-bond acceptors (Lipinski definition) is 2. The summed E-state index contributed by atoms with van der Waals surface area (Å²) < 4.78 is 5.93. The molecule has 23 heavy (non-hydrogen) atoms. The first-order chi connectivity index (χ1) is 11.3. The molecule has 3 rings (SSSR count). The molecular weight excluding hydrogens is 282 g/mol. The van der Waals surface area contributed by atoms with Gasteiger partial charge in [-0.05, 0) is 42.8 Å². The molecule has 0 aliphatic heterocycles. The molecule has 2 nitrogen and oxygen atoms in total. The summed E-state index contributed by atoms with van der Waals surface area (Å²) in [6, 6.07) is 23.6. The molecule has 0 unspecified atom stereocenters. The molecule has 1 atom stereocenters. The Balaban J connectivity index is 2.08. The molecule has 1 N–H and O–H groups in total. The normalized spacial score (nSPS) is 12.3. The van der Waals surface area contributed by atoms with Crippen molar-refractivity contribution >= 4 is 10.8 Å². The lowest BCUT2D eigenvalue weighted by Crippen LogP contribution is -2.20. The molecule has 0 aromatic heterocycles. The van der Waals surface area contributed by atoms with Crippen LogP contribution in [-0.2, 0) is 6.42 Å². The average molecular weight is 305 g/mol. The molecule has 0 amide bonds. The molecule has 0 heterocycles. The average Bonchev–Trinajstić information content (AvgIpc) is 2.61. The van der Waals surface area contributed by atoms with Crippen LogP contribution in [0.1, 0.15) is 24.1 Å². The third kappa shape index (κ3) is 3.38. The second-order valence-corrected chi connectivity index (χ2v) is 5.66. The number of ether oxygens (including phenoxy) is 1. The Hall–Kier alpha value is -2.32. The lowest BCUT2D eigenvalue weighted by molar-refractivity contribution is 0.333. The second-order valence-electron chi connectivity index (χ2n) is 5.66. The zero-order valence-corrected chi connectivity index (χ0v) is 13.8. The Morgan fingerprint density at radius 2 is 1.65 bits per heavy atom. The summed E-state index contributed by atoms with van der Waals surface area (Å²) in [7, 11) is 2.02. The van der Waals surface area contributed by atoms with Gasteiger partial charge >= 0.3 is 0 Å². The van der Waals surface area contributed by atoms with Gasteiger partial charge < -0.3 is 10.1 Å². The predicted octanol–water partition coefficient (Wildman–Crippen LogP) is 4.74. The number of likely N-dealkylation sites (N-methyl/N-ethyl adjacent to an activating group) is 1. The van der Waals surface area contributed by atoms with E-state index in [4.69, 9.17) is 4.74 Å². The van der Waals surface area contributed by atoms with Crippen LogP contribution in [0.25, 0.3) is 10.8 Å². The molecule has 0 saturated heterocycles. The molecule has 0 aliphatic rings. The molecule has 0 fully saturated rings. The van der Waals surface area contributed by atoms with E-state index in [-0.39, 0.29) is 6.04 Å². The summed E-state index contributed by atoms with van der Waals surface area (Å²) in [5, 5.41) is 5.99. The van der Waals surface area contributed by atoms with Crippen LogP contribution in [0.2, 0.25) is 0 Å². The van der Waals surface area contributed by atoms with E-state index >= 15 is 0 Å². The molecular formula is C21H23NO. The Labute approximate surface area is 138 Å². The fourth-order valence-corrected chi connectivity index (χ4v) is 3.11. The second kappa shape index (κ2) is 7.30. The number of nitrogens with one attached hydrogen (secondary N) is 1. The molecule has 0 saturated carbocycles. The smallest absolute Gasteiger partial charge is 0.124 e. The fraction of sp³-hybridized carbons (Fsp3) is 0.238. The van der Waals surface area contributed by atoms with E-state index in [1.165, 1.54) is 21.9 Å². The monoisotopic (exact) mass is 305 g/mol. The van der Waals surface area contributed by atoms with Gasteiger partial charge in [0.25, 0.3) is 0 Å². The molecule has 0 spiro atoms. The van der Waals surface area contributed by atoms with Crippen molar-refractivity contribution in [2.45, 2.75) is 19.4 Å². The van der Waals surface area contributed by atoms with Gasteiger partial charge in [0.1, 0.15) is 5.75 Å². The Morgan fingerprint density at radius 3 is 2.39 bits per heavy atom. The van der Waals surface area contributed by atoms with Crippen molar-refractivity contribution in [3.05, 3.63) is 77.9 Å². The first kappa shape index (κ1) is 15.6. The van der Waals surface area contributed by atoms with Crippen LogP contribution in [0.4, 0.5) is 0 Å². The van der Waals surface area contributed by atoms with Crippen LogP contribution in [0.15, 0.2) is 66.7 Å². The maximum absolute atomic E-state index is 5.93. The van der Waals surface area contributed by atoms with E-state index < -0.39 is 0 Å². The maximum Gasteiger partial charge on any atom is 0.124 e. The van der Waals surface area contributed by atoms with Crippen molar-refractivity contribution in [3.8, 4) is 5.75 Å². The number of hydrogen-bond donors (Lipinski definition) is 1. The zero-order chi connectivity index (χ0) is 16.1. The lowest BCUT2D eigenvalue weighted by Gasteiger charge is -2.22. The lowest BCUT2D eigenvalue weighted by atomic mass is 9.93. The van der Waals surface area contributed by atoms with Crippen molar-refractivity contribution in [1.29, 1.82) is 0 Å². The molecule has 3 aromatic carbocycles. The Kier molecular flexibility index (Phi) is 4.94. The van der Waals surface area contributed by atoms with Gasteiger partial charge in [-0.2, -0.15) is 0 Å². The third-order valence-electron chi connectivity index (χ3n) is 4.21. The van der Waals surface area contributed by atoms with Gasteiger partial charge in [-0.3, -0.25) is 0 Å². The van der Waals surface area contributed by atoms with Gasteiger partial charge in [-0.25, -0.2) is 0 Å². The first-order valence-corrected chi connectivity index (χ1v) is 8.19. The van der Waals surface area contributed by atoms with Crippen LogP contribution in [0.3, 0.4) is 0 Å². The van der Waals surface area contributed by atoms with Crippen molar-refractivity contribution in [1.82, 2.24) is 5.32 Å². The highest BCUT2D eigenvalue weighted by atomic mass is 16.5. The van der Waals surface area contributed by atoms with Gasteiger partial charge in [-0.15, -0.1) is 0 Å². The summed E-state index contributed by atoms with van der Waals surface area (Å²) in [6.07, 6.45) is 0.936. The summed E-state index contributed by atoms with van der Waals surface area (Å²) in [6.45, 7) is 2.71. The van der Waals surface area contributed by atoms with Gasteiger partial charge in [-0.1, -0.05) is 60.7 Å². The fourth-order valence-electron chi connectivity index (χ4n) is 3.11. The van der Waals surface area contributed by atoms with E-state index in [1.54, 1.807) is 0 Å². The highest BCUT2D eigenvalue weighted by Gasteiger charge is 2.18. The number of rotatable bonds is 6. The van der Waals surface area contributed by atoms with Crippen LogP contribution < -0.4 is 10.1 Å². The van der Waals surface area contributed by atoms with E-state index in [9.17, 15) is 0 Å². The van der Waals surface area contributed by atoms with Crippen LogP contribution >= 0.6 is 0 Å². The van der Waals surface area contributed by atoms with Crippen LogP contribution in [0, 0.1) is 0 Å². The number of fused-ring (bicyclic) bond motifs is 1. The molecule has 3 aromatic rings. The van der Waals surface area contributed by atoms with Crippen molar-refractivity contribution in [2.75, 3.05) is 13.7 Å². The first-order valence-electron chi connectivity index (χ1n) is 8.19. The zero-order valence-electron chi connectivity index (χ0n) is 13.8. The summed E-state index contributed by atoms with van der Waals surface area (Å²) in [5.41, 5.74) is 2.57. The minimum absolute atomic E-state index is 0.213. The van der Waals surface area contributed by atoms with E-state index in [2.05, 4.69) is 72.0 Å². The Bertz CT molecular complexity index is 767. The molecule has 0 bridgehead atoms. The van der Waals surface area contributed by atoms with Gasteiger partial charge in [0.05, 0.1) is 6.61 Å². The van der Waals surface area contributed by atoms with E-state index in [0.29, 0.717) is 6.61 Å². The van der Waals surface area contributed by atoms with Crippen molar-refractivity contribution in [2.24, 2.45) is 0 Å². The minimum atomic E-state index is 0.213. The van der Waals surface area contributed by atoms with E-state index in [1.807, 2.05) is 14.0 Å². The van der Waals surface area contributed by atoms with Crippen molar-refractivity contribution < 1.29 is 4.74 Å². The standard InChI is InChI=1S/C21H23NO/c1-3-23-20-14-13-17-11-7-8-12-18(17)21(20)19(22-2)15-16-9-5-4-6-10-16/h4-14,19,22H,3,15H2,1-2H3/t19-/m0/s1. The quantitative estimate of drug-likeness (QED) is 0.710. The minimum Gasteiger partial charge on any atom is -0.494 e. The summed E-state index contributed by atoms with van der Waals surface area (Å²) in [4.78, 5) is 0. The summed E-state index contributed by atoms with van der Waals surface area (Å²) >= 11 is 0. The maximum atomic E-state index is 5.93. The van der Waals surface area contributed by atoms with Crippen molar-refractivity contribution in [3.63, 3.8) is 0 Å². The number of benzene rings is 3. The van der Waals surface area contributed by atoms with Gasteiger partial charge in [0.15, 0.2) is 0 Å². The molecule has 2 heteroatoms. The predicted molar refractivity (Wildman–Crippen MR) is 97.1 cm³/mol. The SMILES string of the molecule is CCOc1ccc2ccccc2c1[C@H](Cc1ccccc1)NC. The topological polar surface area (TPSA) is 21.3 Å². The van der Waals surface area contributed by atoms with Crippen LogP contribution in [-0.4, -0.2) is 13.7 Å². The third-order valence-corrected chi connectivity index (χ3v) is 4.21. The molecule has 0 aliphatic carbocycles. The Morgan fingerprint density at radius 1 is 0.913 bits per heavy atom. The van der Waals surface area contributed by atoms with Crippen LogP contribution in [0.5, 0.6) is 5.75 Å². The highest BCUT2D eigenvalue weighted by Crippen LogP contribution is 2.34. The molecule has 0 radical (unpaired) electrons. The molecule has 118 valence electrons. The largest absolute Gasteiger partial charge is 0.494 e. The highest BCUT2D eigenvalue weighted by molar-refractivity contribution is 5.88. The van der Waals surface area contributed by atoms with Gasteiger partial charge in [0, 0.05) is 11.6 Å². The van der Waals surface area contributed by atoms with E-state index in [0.717, 1.165) is 12.2 Å². The van der Waals surface area contributed by atoms with Gasteiger partial charge in [0.2, 0.25) is 0 Å². The summed E-state index contributed by atoms with van der Waals surface area (Å²) in [5.74, 6) is 0.974.